The molecule has 1 amide bonds. The highest BCUT2D eigenvalue weighted by molar-refractivity contribution is 7.71. The maximum Gasteiger partial charge on any atom is 0.240 e. The van der Waals surface area contributed by atoms with Crippen LogP contribution in [0, 0.1) is 11.7 Å². The zero-order chi connectivity index (χ0) is 21.8. The minimum Gasteiger partial charge on any atom is -0.354 e. The first kappa shape index (κ1) is 21.4. The molecule has 31 heavy (non-hydrogen) atoms. The summed E-state index contributed by atoms with van der Waals surface area (Å²) < 4.78 is 2.06. The minimum absolute atomic E-state index is 0.0823. The summed E-state index contributed by atoms with van der Waals surface area (Å²) in [5.74, 6) is 0.459. The first-order valence-electron chi connectivity index (χ1n) is 9.69. The van der Waals surface area contributed by atoms with E-state index in [1.165, 1.54) is 5.56 Å². The van der Waals surface area contributed by atoms with Gasteiger partial charge in [-0.2, -0.15) is 5.10 Å². The van der Waals surface area contributed by atoms with Crippen LogP contribution in [0.15, 0.2) is 53.9 Å². The molecule has 0 aliphatic rings. The Bertz CT molecular complexity index is 1240. The molecule has 4 aromatic rings. The fraction of sp³-hybridized carbons (Fsp3) is 0.182. The van der Waals surface area contributed by atoms with E-state index in [2.05, 4.69) is 51.7 Å². The molecule has 4 rings (SSSR count). The van der Waals surface area contributed by atoms with Crippen LogP contribution < -0.4 is 5.32 Å². The van der Waals surface area contributed by atoms with Gasteiger partial charge in [-0.05, 0) is 43.4 Å². The molecule has 2 N–H and O–H groups in total. The summed E-state index contributed by atoms with van der Waals surface area (Å²) in [6.45, 7) is 2.64. The Morgan fingerprint density at radius 1 is 1.16 bits per heavy atom. The summed E-state index contributed by atoms with van der Waals surface area (Å²) in [6.07, 6.45) is 0.662. The van der Waals surface area contributed by atoms with E-state index in [-0.39, 0.29) is 12.5 Å². The van der Waals surface area contributed by atoms with Crippen LogP contribution in [0.5, 0.6) is 0 Å². The summed E-state index contributed by atoms with van der Waals surface area (Å²) >= 11 is 12.9. The van der Waals surface area contributed by atoms with Gasteiger partial charge in [0.2, 0.25) is 5.91 Å². The number of thiazole rings is 1. The zero-order valence-electron chi connectivity index (χ0n) is 16.8. The summed E-state index contributed by atoms with van der Waals surface area (Å²) in [7, 11) is 0. The van der Waals surface area contributed by atoms with E-state index in [1.807, 2.05) is 17.5 Å². The molecule has 0 unspecified atom stereocenters. The van der Waals surface area contributed by atoms with Gasteiger partial charge in [-0.15, -0.1) is 11.3 Å². The van der Waals surface area contributed by atoms with Gasteiger partial charge in [0.25, 0.3) is 0 Å². The highest BCUT2D eigenvalue weighted by Crippen LogP contribution is 2.24. The van der Waals surface area contributed by atoms with Crippen molar-refractivity contribution >= 4 is 41.1 Å². The highest BCUT2D eigenvalue weighted by Gasteiger charge is 2.12. The first-order valence-corrected chi connectivity index (χ1v) is 11.4. The van der Waals surface area contributed by atoms with Gasteiger partial charge in [0.05, 0.1) is 5.69 Å². The van der Waals surface area contributed by atoms with Crippen molar-refractivity contribution in [3.05, 3.63) is 75.0 Å². The monoisotopic (exact) mass is 469 g/mol. The third-order valence-corrected chi connectivity index (χ3v) is 6.22. The van der Waals surface area contributed by atoms with Crippen LogP contribution in [0.2, 0.25) is 5.02 Å². The summed E-state index contributed by atoms with van der Waals surface area (Å²) in [6, 6.07) is 15.5. The quantitative estimate of drug-likeness (QED) is 0.371. The standard InChI is InChI=1S/C22H20ClN5OS2/c1-14-2-4-16(5-3-14)21-25-18(13-31-21)10-11-24-19(29)12-28-20(26-27-22(28)30)15-6-8-17(23)9-7-15/h2-9,13H,10-12H2,1H3,(H,24,29)(H,27,30). The van der Waals surface area contributed by atoms with Crippen molar-refractivity contribution in [2.75, 3.05) is 6.54 Å². The number of amides is 1. The SMILES string of the molecule is Cc1ccc(-c2nc(CCNC(=O)Cn3c(-c4ccc(Cl)cc4)n[nH]c3=S)cs2)cc1. The molecule has 0 aliphatic carbocycles. The van der Waals surface area contributed by atoms with Gasteiger partial charge in [0, 0.05) is 34.5 Å². The number of hydrogen-bond acceptors (Lipinski definition) is 5. The second kappa shape index (κ2) is 9.55. The van der Waals surface area contributed by atoms with E-state index in [0.717, 1.165) is 21.8 Å². The Morgan fingerprint density at radius 3 is 2.61 bits per heavy atom. The Balaban J connectivity index is 1.34. The molecule has 0 spiro atoms. The zero-order valence-corrected chi connectivity index (χ0v) is 19.2. The molecule has 0 fully saturated rings. The van der Waals surface area contributed by atoms with Crippen LogP contribution in [0.25, 0.3) is 22.0 Å². The van der Waals surface area contributed by atoms with E-state index in [0.29, 0.717) is 28.6 Å². The van der Waals surface area contributed by atoms with Crippen molar-refractivity contribution in [2.45, 2.75) is 19.9 Å². The molecule has 9 heteroatoms. The lowest BCUT2D eigenvalue weighted by Gasteiger charge is -2.08. The highest BCUT2D eigenvalue weighted by atomic mass is 35.5. The van der Waals surface area contributed by atoms with E-state index in [9.17, 15) is 4.79 Å². The van der Waals surface area contributed by atoms with Crippen molar-refractivity contribution in [2.24, 2.45) is 0 Å². The predicted octanol–water partition coefficient (Wildman–Crippen LogP) is 5.05. The summed E-state index contributed by atoms with van der Waals surface area (Å²) in [5, 5.41) is 13.6. The number of rotatable bonds is 7. The van der Waals surface area contributed by atoms with Crippen molar-refractivity contribution in [3.63, 3.8) is 0 Å². The van der Waals surface area contributed by atoms with Gasteiger partial charge < -0.3 is 5.32 Å². The summed E-state index contributed by atoms with van der Waals surface area (Å²) in [5.41, 5.74) is 4.12. The van der Waals surface area contributed by atoms with Crippen molar-refractivity contribution < 1.29 is 4.79 Å². The van der Waals surface area contributed by atoms with E-state index in [1.54, 1.807) is 28.0 Å². The maximum atomic E-state index is 12.5. The van der Waals surface area contributed by atoms with Crippen LogP contribution >= 0.6 is 35.2 Å². The number of halogens is 1. The van der Waals surface area contributed by atoms with Gasteiger partial charge in [-0.1, -0.05) is 41.4 Å². The Morgan fingerprint density at radius 2 is 1.87 bits per heavy atom. The van der Waals surface area contributed by atoms with Crippen LogP contribution in [0.3, 0.4) is 0 Å². The number of aromatic nitrogens is 4. The second-order valence-corrected chi connectivity index (χ2v) is 8.74. The molecular weight excluding hydrogens is 450 g/mol. The number of aromatic amines is 1. The summed E-state index contributed by atoms with van der Waals surface area (Å²) in [4.78, 5) is 17.2. The number of H-pyrrole nitrogens is 1. The maximum absolute atomic E-state index is 12.5. The number of carbonyl (C=O) groups is 1. The fourth-order valence-corrected chi connectivity index (χ4v) is 4.25. The molecule has 2 heterocycles. The lowest BCUT2D eigenvalue weighted by molar-refractivity contribution is -0.121. The number of hydrogen-bond donors (Lipinski definition) is 2. The Kier molecular flexibility index (Phi) is 6.60. The van der Waals surface area contributed by atoms with Gasteiger partial charge in [0.15, 0.2) is 10.6 Å². The van der Waals surface area contributed by atoms with E-state index >= 15 is 0 Å². The molecular formula is C22H20ClN5OS2. The lowest BCUT2D eigenvalue weighted by atomic mass is 10.2. The largest absolute Gasteiger partial charge is 0.354 e. The third-order valence-electron chi connectivity index (χ3n) is 4.72. The number of benzene rings is 2. The molecule has 0 saturated carbocycles. The average molecular weight is 470 g/mol. The fourth-order valence-electron chi connectivity index (χ4n) is 3.06. The average Bonchev–Trinajstić information content (AvgIpc) is 3.37. The molecule has 2 aromatic carbocycles. The van der Waals surface area contributed by atoms with Crippen LogP contribution in [0.4, 0.5) is 0 Å². The molecule has 2 aromatic heterocycles. The number of carbonyl (C=O) groups excluding carboxylic acids is 1. The molecule has 0 saturated heterocycles. The van der Waals surface area contributed by atoms with Crippen molar-refractivity contribution in [3.8, 4) is 22.0 Å². The van der Waals surface area contributed by atoms with Gasteiger partial charge in [-0.25, -0.2) is 4.98 Å². The van der Waals surface area contributed by atoms with E-state index < -0.39 is 0 Å². The van der Waals surface area contributed by atoms with Crippen LogP contribution in [-0.2, 0) is 17.8 Å². The third kappa shape index (κ3) is 5.28. The molecule has 0 atom stereocenters. The van der Waals surface area contributed by atoms with Crippen molar-refractivity contribution in [1.82, 2.24) is 25.1 Å². The molecule has 6 nitrogen and oxygen atoms in total. The number of aryl methyl sites for hydroxylation is 1. The topological polar surface area (TPSA) is 75.6 Å². The predicted molar refractivity (Wildman–Crippen MR) is 127 cm³/mol. The smallest absolute Gasteiger partial charge is 0.240 e. The van der Waals surface area contributed by atoms with Crippen LogP contribution in [0.1, 0.15) is 11.3 Å². The normalized spacial score (nSPS) is 10.9. The van der Waals surface area contributed by atoms with Crippen LogP contribution in [-0.4, -0.2) is 32.2 Å². The lowest BCUT2D eigenvalue weighted by Crippen LogP contribution is -2.29. The number of nitrogens with one attached hydrogen (secondary N) is 2. The molecule has 158 valence electrons. The number of nitrogens with zero attached hydrogens (tertiary/aromatic N) is 3. The van der Waals surface area contributed by atoms with Gasteiger partial charge >= 0.3 is 0 Å². The minimum atomic E-state index is -0.137. The van der Waals surface area contributed by atoms with Crippen molar-refractivity contribution in [1.29, 1.82) is 0 Å². The Hall–Kier alpha value is -2.81. The molecule has 0 aliphatic heterocycles. The Labute approximate surface area is 193 Å². The molecule has 0 radical (unpaired) electrons. The van der Waals surface area contributed by atoms with E-state index in [4.69, 9.17) is 23.8 Å². The first-order chi connectivity index (χ1) is 15.0. The van der Waals surface area contributed by atoms with Gasteiger partial charge in [-0.3, -0.25) is 14.5 Å². The molecule has 0 bridgehead atoms. The van der Waals surface area contributed by atoms with Gasteiger partial charge in [0.1, 0.15) is 11.6 Å². The second-order valence-electron chi connectivity index (χ2n) is 7.06.